The number of likely N-dealkylation sites (tertiary alicyclic amines) is 1. The van der Waals surface area contributed by atoms with Crippen LogP contribution in [0.15, 0.2) is 53.9 Å². The lowest BCUT2D eigenvalue weighted by Gasteiger charge is -2.38. The Labute approximate surface area is 188 Å². The Bertz CT molecular complexity index is 868. The van der Waals surface area contributed by atoms with Gasteiger partial charge in [0.2, 0.25) is 5.91 Å². The highest BCUT2D eigenvalue weighted by molar-refractivity contribution is 7.14. The third-order valence-corrected chi connectivity index (χ3v) is 6.83. The van der Waals surface area contributed by atoms with Gasteiger partial charge in [-0.05, 0) is 35.9 Å². The normalized spacial score (nSPS) is 18.5. The van der Waals surface area contributed by atoms with Crippen molar-refractivity contribution in [1.29, 1.82) is 0 Å². The van der Waals surface area contributed by atoms with Crippen LogP contribution in [0.1, 0.15) is 18.4 Å². The van der Waals surface area contributed by atoms with Gasteiger partial charge in [-0.3, -0.25) is 15.0 Å². The SMILES string of the molecule is O=C(Nc1cccs1)N1CCC(C(=O)N2CCN(CC=Cc3ccccc3)CC2)CC1. The summed E-state index contributed by atoms with van der Waals surface area (Å²) >= 11 is 1.52. The maximum atomic E-state index is 13.0. The van der Waals surface area contributed by atoms with Gasteiger partial charge in [0.1, 0.15) is 0 Å². The third kappa shape index (κ3) is 5.95. The van der Waals surface area contributed by atoms with Gasteiger partial charge in [0.05, 0.1) is 5.00 Å². The topological polar surface area (TPSA) is 55.9 Å². The molecule has 164 valence electrons. The smallest absolute Gasteiger partial charge is 0.322 e. The molecule has 1 aromatic carbocycles. The van der Waals surface area contributed by atoms with Crippen LogP contribution in [0, 0.1) is 5.92 Å². The van der Waals surface area contributed by atoms with Crippen molar-refractivity contribution >= 4 is 34.4 Å². The van der Waals surface area contributed by atoms with Gasteiger partial charge in [0.15, 0.2) is 0 Å². The van der Waals surface area contributed by atoms with Gasteiger partial charge in [-0.15, -0.1) is 11.3 Å². The van der Waals surface area contributed by atoms with Crippen LogP contribution in [-0.4, -0.2) is 72.5 Å². The molecule has 0 spiro atoms. The van der Waals surface area contributed by atoms with E-state index in [1.165, 1.54) is 16.9 Å². The number of piperazine rings is 1. The third-order valence-electron chi connectivity index (χ3n) is 6.04. The Balaban J connectivity index is 1.17. The number of anilines is 1. The molecule has 2 saturated heterocycles. The molecule has 0 aliphatic carbocycles. The van der Waals surface area contributed by atoms with E-state index in [1.807, 2.05) is 45.5 Å². The van der Waals surface area contributed by atoms with Crippen LogP contribution in [0.25, 0.3) is 6.08 Å². The van der Waals surface area contributed by atoms with E-state index in [0.29, 0.717) is 13.1 Å². The number of carbonyl (C=O) groups excluding carboxylic acids is 2. The Morgan fingerprint density at radius 2 is 1.68 bits per heavy atom. The first kappa shape index (κ1) is 21.6. The van der Waals surface area contributed by atoms with Crippen LogP contribution in [0.2, 0.25) is 0 Å². The molecule has 2 fully saturated rings. The van der Waals surface area contributed by atoms with E-state index < -0.39 is 0 Å². The van der Waals surface area contributed by atoms with Crippen LogP contribution in [0.5, 0.6) is 0 Å². The molecule has 0 bridgehead atoms. The number of piperidine rings is 1. The number of urea groups is 1. The van der Waals surface area contributed by atoms with E-state index in [0.717, 1.165) is 50.6 Å². The minimum Gasteiger partial charge on any atom is -0.340 e. The second-order valence-corrected chi connectivity index (χ2v) is 9.06. The lowest BCUT2D eigenvalue weighted by atomic mass is 9.95. The molecule has 4 rings (SSSR count). The second-order valence-electron chi connectivity index (χ2n) is 8.11. The van der Waals surface area contributed by atoms with E-state index in [4.69, 9.17) is 0 Å². The Morgan fingerprint density at radius 1 is 0.935 bits per heavy atom. The van der Waals surface area contributed by atoms with Crippen molar-refractivity contribution in [3.8, 4) is 0 Å². The summed E-state index contributed by atoms with van der Waals surface area (Å²) in [5.41, 5.74) is 1.21. The summed E-state index contributed by atoms with van der Waals surface area (Å²) in [5.74, 6) is 0.299. The maximum absolute atomic E-state index is 13.0. The summed E-state index contributed by atoms with van der Waals surface area (Å²) in [6, 6.07) is 14.1. The second kappa shape index (κ2) is 10.6. The van der Waals surface area contributed by atoms with E-state index >= 15 is 0 Å². The molecule has 6 nitrogen and oxygen atoms in total. The number of thiophene rings is 1. The molecule has 3 amide bonds. The van der Waals surface area contributed by atoms with Gasteiger partial charge in [0, 0.05) is 51.7 Å². The van der Waals surface area contributed by atoms with E-state index in [1.54, 1.807) is 0 Å². The summed E-state index contributed by atoms with van der Waals surface area (Å²) in [7, 11) is 0. The molecule has 0 saturated carbocycles. The lowest BCUT2D eigenvalue weighted by Crippen LogP contribution is -2.52. The van der Waals surface area contributed by atoms with Crippen LogP contribution in [0.4, 0.5) is 9.80 Å². The first-order valence-electron chi connectivity index (χ1n) is 11.0. The number of hydrogen-bond donors (Lipinski definition) is 1. The summed E-state index contributed by atoms with van der Waals surface area (Å²) in [5, 5.41) is 5.74. The Hall–Kier alpha value is -2.64. The first-order valence-corrected chi connectivity index (χ1v) is 11.9. The van der Waals surface area contributed by atoms with Crippen molar-refractivity contribution in [2.24, 2.45) is 5.92 Å². The van der Waals surface area contributed by atoms with Crippen LogP contribution in [0.3, 0.4) is 0 Å². The van der Waals surface area contributed by atoms with Crippen molar-refractivity contribution in [2.45, 2.75) is 12.8 Å². The fraction of sp³-hybridized carbons (Fsp3) is 0.417. The van der Waals surface area contributed by atoms with Gasteiger partial charge >= 0.3 is 6.03 Å². The molecular formula is C24H30N4O2S. The van der Waals surface area contributed by atoms with Crippen molar-refractivity contribution in [1.82, 2.24) is 14.7 Å². The zero-order chi connectivity index (χ0) is 21.5. The predicted octanol–water partition coefficient (Wildman–Crippen LogP) is 3.85. The van der Waals surface area contributed by atoms with Gasteiger partial charge in [-0.1, -0.05) is 42.5 Å². The zero-order valence-electron chi connectivity index (χ0n) is 17.8. The number of rotatable bonds is 5. The molecule has 2 aliphatic rings. The van der Waals surface area contributed by atoms with E-state index in [-0.39, 0.29) is 17.9 Å². The summed E-state index contributed by atoms with van der Waals surface area (Å²) in [6.07, 6.45) is 5.84. The quantitative estimate of drug-likeness (QED) is 0.772. The van der Waals surface area contributed by atoms with Gasteiger partial charge in [0.25, 0.3) is 0 Å². The monoisotopic (exact) mass is 438 g/mol. The predicted molar refractivity (Wildman–Crippen MR) is 126 cm³/mol. The minimum atomic E-state index is -0.0643. The summed E-state index contributed by atoms with van der Waals surface area (Å²) in [6.45, 7) is 5.58. The zero-order valence-corrected chi connectivity index (χ0v) is 18.6. The fourth-order valence-electron chi connectivity index (χ4n) is 4.17. The molecule has 2 aromatic rings. The standard InChI is InChI=1S/C24H30N4O2S/c29-23(21-10-13-28(14-11-21)24(30)25-22-9-5-19-31-22)27-17-15-26(16-18-27)12-4-8-20-6-2-1-3-7-20/h1-9,19,21H,10-18H2,(H,25,30). The summed E-state index contributed by atoms with van der Waals surface area (Å²) < 4.78 is 0. The van der Waals surface area contributed by atoms with Gasteiger partial charge in [-0.2, -0.15) is 0 Å². The average Bonchev–Trinajstić information content (AvgIpc) is 3.33. The number of nitrogens with one attached hydrogen (secondary N) is 1. The van der Waals surface area contributed by atoms with Crippen molar-refractivity contribution in [3.63, 3.8) is 0 Å². The molecule has 7 heteroatoms. The van der Waals surface area contributed by atoms with Crippen molar-refractivity contribution in [2.75, 3.05) is 51.1 Å². The van der Waals surface area contributed by atoms with Crippen molar-refractivity contribution < 1.29 is 9.59 Å². The minimum absolute atomic E-state index is 0.0373. The molecule has 31 heavy (non-hydrogen) atoms. The van der Waals surface area contributed by atoms with E-state index in [2.05, 4.69) is 34.5 Å². The highest BCUT2D eigenvalue weighted by atomic mass is 32.1. The number of carbonyl (C=O) groups is 2. The Morgan fingerprint density at radius 3 is 2.35 bits per heavy atom. The van der Waals surface area contributed by atoms with Crippen LogP contribution in [-0.2, 0) is 4.79 Å². The molecule has 3 heterocycles. The van der Waals surface area contributed by atoms with E-state index in [9.17, 15) is 9.59 Å². The van der Waals surface area contributed by atoms with Crippen LogP contribution < -0.4 is 5.32 Å². The number of benzene rings is 1. The van der Waals surface area contributed by atoms with Gasteiger partial charge < -0.3 is 9.80 Å². The average molecular weight is 439 g/mol. The number of nitrogens with zero attached hydrogens (tertiary/aromatic N) is 3. The van der Waals surface area contributed by atoms with Crippen LogP contribution >= 0.6 is 11.3 Å². The van der Waals surface area contributed by atoms with Gasteiger partial charge in [-0.25, -0.2) is 4.79 Å². The largest absolute Gasteiger partial charge is 0.340 e. The Kier molecular flexibility index (Phi) is 7.38. The molecule has 0 atom stereocenters. The maximum Gasteiger partial charge on any atom is 0.322 e. The highest BCUT2D eigenvalue weighted by Gasteiger charge is 2.31. The summed E-state index contributed by atoms with van der Waals surface area (Å²) in [4.78, 5) is 31.6. The highest BCUT2D eigenvalue weighted by Crippen LogP contribution is 2.22. The number of amides is 3. The first-order chi connectivity index (χ1) is 15.2. The molecular weight excluding hydrogens is 408 g/mol. The molecule has 2 aliphatic heterocycles. The number of hydrogen-bond acceptors (Lipinski definition) is 4. The molecule has 1 aromatic heterocycles. The van der Waals surface area contributed by atoms with Crippen molar-refractivity contribution in [3.05, 3.63) is 59.5 Å². The molecule has 0 radical (unpaired) electrons. The lowest BCUT2D eigenvalue weighted by molar-refractivity contribution is -0.138. The molecule has 0 unspecified atom stereocenters. The fourth-order valence-corrected chi connectivity index (χ4v) is 4.78. The molecule has 1 N–H and O–H groups in total.